The number of nitrogens with one attached hydrogen (secondary N) is 2. The lowest BCUT2D eigenvalue weighted by atomic mass is 9.78. The van der Waals surface area contributed by atoms with Crippen LogP contribution in [0.3, 0.4) is 0 Å². The molecule has 6 nitrogen and oxygen atoms in total. The van der Waals surface area contributed by atoms with Crippen molar-refractivity contribution in [3.05, 3.63) is 18.2 Å². The first kappa shape index (κ1) is 15.6. The molecule has 0 radical (unpaired) electrons. The normalized spacial score (nSPS) is 17.2. The molecule has 116 valence electrons. The Morgan fingerprint density at radius 3 is 2.71 bits per heavy atom. The molecule has 1 heterocycles. The van der Waals surface area contributed by atoms with Crippen LogP contribution in [0.2, 0.25) is 0 Å². The fourth-order valence-electron chi connectivity index (χ4n) is 2.62. The van der Waals surface area contributed by atoms with E-state index in [1.165, 1.54) is 13.2 Å². The molecule has 1 saturated heterocycles. The van der Waals surface area contributed by atoms with Crippen molar-refractivity contribution < 1.29 is 19.4 Å². The van der Waals surface area contributed by atoms with Crippen molar-refractivity contribution in [2.45, 2.75) is 12.8 Å². The third kappa shape index (κ3) is 3.46. The summed E-state index contributed by atoms with van der Waals surface area (Å²) in [5.41, 5.74) is -0.205. The maximum Gasteiger partial charge on any atom is 0.233 e. The summed E-state index contributed by atoms with van der Waals surface area (Å²) in [5.74, 6) is 0.467. The number of ether oxygens (including phenoxy) is 2. The summed E-state index contributed by atoms with van der Waals surface area (Å²) in [6.45, 7) is 1.92. The van der Waals surface area contributed by atoms with Crippen molar-refractivity contribution in [2.24, 2.45) is 5.41 Å². The van der Waals surface area contributed by atoms with Gasteiger partial charge in [0, 0.05) is 13.2 Å². The van der Waals surface area contributed by atoms with E-state index in [0.29, 0.717) is 30.9 Å². The van der Waals surface area contributed by atoms with Crippen LogP contribution in [0.4, 0.5) is 5.69 Å². The van der Waals surface area contributed by atoms with Crippen LogP contribution in [0, 0.1) is 5.41 Å². The van der Waals surface area contributed by atoms with E-state index in [2.05, 4.69) is 10.6 Å². The topological polar surface area (TPSA) is 79.8 Å². The summed E-state index contributed by atoms with van der Waals surface area (Å²) in [7, 11) is 3.14. The Bertz CT molecular complexity index is 493. The number of piperidine rings is 1. The Morgan fingerprint density at radius 2 is 2.10 bits per heavy atom. The minimum absolute atomic E-state index is 0.0191. The van der Waals surface area contributed by atoms with E-state index in [9.17, 15) is 9.90 Å². The number of methoxy groups -OCH3 is 2. The van der Waals surface area contributed by atoms with Crippen molar-refractivity contribution in [1.82, 2.24) is 5.32 Å². The molecule has 1 aromatic carbocycles. The Morgan fingerprint density at radius 1 is 1.38 bits per heavy atom. The number of hydrogen-bond donors (Lipinski definition) is 3. The van der Waals surface area contributed by atoms with E-state index in [1.54, 1.807) is 19.2 Å². The molecule has 0 atom stereocenters. The highest BCUT2D eigenvalue weighted by molar-refractivity contribution is 5.97. The smallest absolute Gasteiger partial charge is 0.233 e. The predicted molar refractivity (Wildman–Crippen MR) is 79.7 cm³/mol. The van der Waals surface area contributed by atoms with Gasteiger partial charge in [0.2, 0.25) is 5.91 Å². The number of aromatic hydroxyl groups is 1. The quantitative estimate of drug-likeness (QED) is 0.715. The van der Waals surface area contributed by atoms with Crippen molar-refractivity contribution in [3.8, 4) is 11.5 Å². The van der Waals surface area contributed by atoms with Gasteiger partial charge in [-0.05, 0) is 38.1 Å². The van der Waals surface area contributed by atoms with E-state index in [4.69, 9.17) is 9.47 Å². The fourth-order valence-corrected chi connectivity index (χ4v) is 2.62. The Labute approximate surface area is 124 Å². The van der Waals surface area contributed by atoms with Crippen LogP contribution >= 0.6 is 0 Å². The van der Waals surface area contributed by atoms with E-state index in [0.717, 1.165) is 13.1 Å². The molecule has 0 spiro atoms. The lowest BCUT2D eigenvalue weighted by molar-refractivity contribution is -0.130. The lowest BCUT2D eigenvalue weighted by Gasteiger charge is -2.35. The molecule has 0 aliphatic carbocycles. The number of carbonyl (C=O) groups is 1. The molecule has 0 aromatic heterocycles. The average Bonchev–Trinajstić information content (AvgIpc) is 2.50. The van der Waals surface area contributed by atoms with Gasteiger partial charge in [0.25, 0.3) is 0 Å². The van der Waals surface area contributed by atoms with Crippen LogP contribution < -0.4 is 15.4 Å². The molecule has 1 aromatic rings. The van der Waals surface area contributed by atoms with Gasteiger partial charge >= 0.3 is 0 Å². The molecular weight excluding hydrogens is 272 g/mol. The van der Waals surface area contributed by atoms with Crippen LogP contribution in [0.15, 0.2) is 18.2 Å². The molecule has 0 bridgehead atoms. The second-order valence-corrected chi connectivity index (χ2v) is 5.30. The molecule has 1 aliphatic heterocycles. The summed E-state index contributed by atoms with van der Waals surface area (Å²) >= 11 is 0. The average molecular weight is 294 g/mol. The molecule has 1 aliphatic rings. The number of amides is 1. The maximum atomic E-state index is 12.7. The molecule has 21 heavy (non-hydrogen) atoms. The van der Waals surface area contributed by atoms with Crippen molar-refractivity contribution in [2.75, 3.05) is 39.2 Å². The van der Waals surface area contributed by atoms with Crippen molar-refractivity contribution in [3.63, 3.8) is 0 Å². The van der Waals surface area contributed by atoms with Crippen LogP contribution in [0.5, 0.6) is 11.5 Å². The van der Waals surface area contributed by atoms with Gasteiger partial charge in [-0.3, -0.25) is 4.79 Å². The van der Waals surface area contributed by atoms with E-state index >= 15 is 0 Å². The van der Waals surface area contributed by atoms with Gasteiger partial charge in [-0.25, -0.2) is 0 Å². The number of hydrogen-bond acceptors (Lipinski definition) is 5. The van der Waals surface area contributed by atoms with Crippen LogP contribution in [0.25, 0.3) is 0 Å². The van der Waals surface area contributed by atoms with Crippen molar-refractivity contribution in [1.29, 1.82) is 0 Å². The number of carbonyl (C=O) groups excluding carboxylic acids is 1. The zero-order chi connectivity index (χ0) is 15.3. The van der Waals surface area contributed by atoms with Gasteiger partial charge in [-0.1, -0.05) is 0 Å². The summed E-state index contributed by atoms with van der Waals surface area (Å²) in [6, 6.07) is 4.75. The van der Waals surface area contributed by atoms with Crippen LogP contribution in [-0.2, 0) is 9.53 Å². The van der Waals surface area contributed by atoms with Crippen LogP contribution in [0.1, 0.15) is 12.8 Å². The first-order valence-electron chi connectivity index (χ1n) is 6.99. The first-order valence-corrected chi connectivity index (χ1v) is 6.99. The lowest BCUT2D eigenvalue weighted by Crippen LogP contribution is -2.47. The zero-order valence-electron chi connectivity index (χ0n) is 12.4. The van der Waals surface area contributed by atoms with Gasteiger partial charge in [0.05, 0.1) is 24.8 Å². The molecule has 0 unspecified atom stereocenters. The highest BCUT2D eigenvalue weighted by Gasteiger charge is 2.39. The highest BCUT2D eigenvalue weighted by Crippen LogP contribution is 2.34. The number of benzene rings is 1. The Kier molecular flexibility index (Phi) is 5.03. The SMILES string of the molecule is COCC1(C(=O)Nc2cc(OC)ccc2O)CCNCC1. The minimum atomic E-state index is -0.560. The molecule has 3 N–H and O–H groups in total. The zero-order valence-corrected chi connectivity index (χ0v) is 12.4. The van der Waals surface area contributed by atoms with Gasteiger partial charge < -0.3 is 25.2 Å². The highest BCUT2D eigenvalue weighted by atomic mass is 16.5. The summed E-state index contributed by atoms with van der Waals surface area (Å²) in [5, 5.41) is 15.9. The molecule has 0 saturated carbocycles. The maximum absolute atomic E-state index is 12.7. The van der Waals surface area contributed by atoms with Gasteiger partial charge in [-0.15, -0.1) is 0 Å². The molecule has 1 amide bonds. The third-order valence-electron chi connectivity index (χ3n) is 3.91. The van der Waals surface area contributed by atoms with E-state index in [-0.39, 0.29) is 11.7 Å². The molecular formula is C15H22N2O4. The first-order chi connectivity index (χ1) is 10.1. The summed E-state index contributed by atoms with van der Waals surface area (Å²) in [6.07, 6.45) is 1.41. The van der Waals surface area contributed by atoms with Gasteiger partial charge in [0.15, 0.2) is 0 Å². The summed E-state index contributed by atoms with van der Waals surface area (Å²) in [4.78, 5) is 12.7. The largest absolute Gasteiger partial charge is 0.506 e. The third-order valence-corrected chi connectivity index (χ3v) is 3.91. The standard InChI is InChI=1S/C15H22N2O4/c1-20-10-15(5-7-16-8-6-15)14(19)17-12-9-11(21-2)3-4-13(12)18/h3-4,9,16,18H,5-8,10H2,1-2H3,(H,17,19). The van der Waals surface area contributed by atoms with E-state index in [1.807, 2.05) is 0 Å². The Hall–Kier alpha value is -1.79. The molecule has 1 fully saturated rings. The Balaban J connectivity index is 2.18. The number of phenolic OH excluding ortho intramolecular Hbond substituents is 1. The fraction of sp³-hybridized carbons (Fsp3) is 0.533. The predicted octanol–water partition coefficient (Wildman–Crippen LogP) is 1.36. The number of phenols is 1. The van der Waals surface area contributed by atoms with E-state index < -0.39 is 5.41 Å². The minimum Gasteiger partial charge on any atom is -0.506 e. The van der Waals surface area contributed by atoms with Crippen LogP contribution in [-0.4, -0.2) is 44.9 Å². The van der Waals surface area contributed by atoms with Gasteiger partial charge in [-0.2, -0.15) is 0 Å². The molecule has 2 rings (SSSR count). The molecule has 6 heteroatoms. The second-order valence-electron chi connectivity index (χ2n) is 5.30. The van der Waals surface area contributed by atoms with Crippen molar-refractivity contribution >= 4 is 11.6 Å². The second kappa shape index (κ2) is 6.78. The monoisotopic (exact) mass is 294 g/mol. The summed E-state index contributed by atoms with van der Waals surface area (Å²) < 4.78 is 10.4. The number of rotatable bonds is 5. The number of anilines is 1. The van der Waals surface area contributed by atoms with Gasteiger partial charge in [0.1, 0.15) is 11.5 Å².